The van der Waals surface area contributed by atoms with Crippen molar-refractivity contribution in [1.29, 1.82) is 0 Å². The zero-order chi connectivity index (χ0) is 13.8. The molecule has 0 aliphatic rings. The molecule has 0 saturated carbocycles. The summed E-state index contributed by atoms with van der Waals surface area (Å²) in [7, 11) is 0. The minimum absolute atomic E-state index is 0.0429. The van der Waals surface area contributed by atoms with E-state index < -0.39 is 0 Å². The molecule has 0 saturated heterocycles. The van der Waals surface area contributed by atoms with Gasteiger partial charge < -0.3 is 9.72 Å². The van der Waals surface area contributed by atoms with E-state index in [9.17, 15) is 4.79 Å². The van der Waals surface area contributed by atoms with Crippen molar-refractivity contribution in [2.75, 3.05) is 6.61 Å². The van der Waals surface area contributed by atoms with E-state index >= 15 is 0 Å². The maximum absolute atomic E-state index is 11.7. The van der Waals surface area contributed by atoms with E-state index in [1.165, 1.54) is 0 Å². The third-order valence-electron chi connectivity index (χ3n) is 3.11. The molecule has 0 amide bonds. The normalized spacial score (nSPS) is 11.3. The van der Waals surface area contributed by atoms with E-state index in [4.69, 9.17) is 4.74 Å². The number of ether oxygens (including phenoxy) is 1. The Morgan fingerprint density at radius 3 is 2.74 bits per heavy atom. The Bertz CT molecular complexity index is 668. The molecular weight excluding hydrogens is 238 g/mol. The average molecular weight is 257 g/mol. The van der Waals surface area contributed by atoms with Crippen LogP contribution in [0.15, 0.2) is 35.1 Å². The Hall–Kier alpha value is -2.03. The summed E-state index contributed by atoms with van der Waals surface area (Å²) in [4.78, 5) is 14.6. The van der Waals surface area contributed by atoms with Crippen molar-refractivity contribution >= 4 is 10.9 Å². The average Bonchev–Trinajstić information content (AvgIpc) is 2.39. The van der Waals surface area contributed by atoms with Gasteiger partial charge in [0.05, 0.1) is 5.52 Å². The predicted molar refractivity (Wildman–Crippen MR) is 79.0 cm³/mol. The van der Waals surface area contributed by atoms with Crippen molar-refractivity contribution in [2.45, 2.75) is 27.2 Å². The molecule has 1 aromatic heterocycles. The van der Waals surface area contributed by atoms with Crippen molar-refractivity contribution in [3.8, 4) is 5.75 Å². The quantitative estimate of drug-likeness (QED) is 0.852. The van der Waals surface area contributed by atoms with Gasteiger partial charge in [-0.2, -0.15) is 0 Å². The molecular formula is C16H19NO2. The Morgan fingerprint density at radius 1 is 1.21 bits per heavy atom. The number of aromatic amines is 1. The van der Waals surface area contributed by atoms with Crippen LogP contribution in [-0.4, -0.2) is 11.6 Å². The molecule has 0 bridgehead atoms. The zero-order valence-corrected chi connectivity index (χ0v) is 11.6. The highest BCUT2D eigenvalue weighted by atomic mass is 16.5. The topological polar surface area (TPSA) is 42.1 Å². The van der Waals surface area contributed by atoms with E-state index in [1.54, 1.807) is 6.92 Å². The van der Waals surface area contributed by atoms with Gasteiger partial charge in [-0.1, -0.05) is 25.1 Å². The van der Waals surface area contributed by atoms with Crippen LogP contribution >= 0.6 is 0 Å². The van der Waals surface area contributed by atoms with Crippen molar-refractivity contribution in [1.82, 2.24) is 4.98 Å². The monoisotopic (exact) mass is 257 g/mol. The maximum atomic E-state index is 11.7. The van der Waals surface area contributed by atoms with Crippen molar-refractivity contribution in [3.63, 3.8) is 0 Å². The molecule has 0 unspecified atom stereocenters. The number of aryl methyl sites for hydroxylation is 2. The number of aromatic nitrogens is 1. The highest BCUT2D eigenvalue weighted by Gasteiger charge is 2.07. The first kappa shape index (κ1) is 13.4. The first-order valence-electron chi connectivity index (χ1n) is 6.54. The Labute approximate surface area is 112 Å². The van der Waals surface area contributed by atoms with Gasteiger partial charge in [0.25, 0.3) is 5.56 Å². The highest BCUT2D eigenvalue weighted by Crippen LogP contribution is 2.26. The fourth-order valence-corrected chi connectivity index (χ4v) is 2.01. The van der Waals surface area contributed by atoms with E-state index in [-0.39, 0.29) is 5.56 Å². The number of hydrogen-bond donors (Lipinski definition) is 1. The van der Waals surface area contributed by atoms with Crippen LogP contribution in [-0.2, 0) is 0 Å². The molecule has 2 aromatic rings. The van der Waals surface area contributed by atoms with Crippen molar-refractivity contribution in [2.24, 2.45) is 0 Å². The number of rotatable bonds is 4. The van der Waals surface area contributed by atoms with Crippen LogP contribution in [0.1, 0.15) is 24.5 Å². The van der Waals surface area contributed by atoms with Crippen LogP contribution in [0.25, 0.3) is 10.9 Å². The lowest BCUT2D eigenvalue weighted by Crippen LogP contribution is -2.09. The fourth-order valence-electron chi connectivity index (χ4n) is 2.01. The van der Waals surface area contributed by atoms with E-state index in [0.29, 0.717) is 12.2 Å². The number of H-pyrrole nitrogens is 1. The molecule has 2 rings (SSSR count). The van der Waals surface area contributed by atoms with Crippen LogP contribution in [0.4, 0.5) is 0 Å². The Morgan fingerprint density at radius 2 is 2.00 bits per heavy atom. The molecule has 3 heteroatoms. The number of benzene rings is 1. The Balaban J connectivity index is 2.44. The lowest BCUT2D eigenvalue weighted by molar-refractivity contribution is 0.367. The fraction of sp³-hybridized carbons (Fsp3) is 0.312. The minimum Gasteiger partial charge on any atom is -0.489 e. The molecule has 0 spiro atoms. The molecule has 1 aromatic carbocycles. The predicted octanol–water partition coefficient (Wildman–Crippen LogP) is 3.49. The lowest BCUT2D eigenvalue weighted by Gasteiger charge is -2.10. The van der Waals surface area contributed by atoms with Crippen LogP contribution in [0, 0.1) is 13.8 Å². The summed E-state index contributed by atoms with van der Waals surface area (Å²) in [6.45, 7) is 6.42. The second kappa shape index (κ2) is 5.74. The summed E-state index contributed by atoms with van der Waals surface area (Å²) in [5.74, 6) is 0.806. The molecule has 0 aliphatic heterocycles. The van der Waals surface area contributed by atoms with Crippen molar-refractivity contribution in [3.05, 3.63) is 51.8 Å². The van der Waals surface area contributed by atoms with Crippen LogP contribution in [0.3, 0.4) is 0 Å². The summed E-state index contributed by atoms with van der Waals surface area (Å²) in [5, 5.41) is 0.960. The highest BCUT2D eigenvalue weighted by molar-refractivity contribution is 5.88. The number of hydrogen-bond acceptors (Lipinski definition) is 2. The molecule has 0 aliphatic carbocycles. The standard InChI is InChI=1S/C16H19NO2/c1-4-5-6-9-19-14-8-7-11(2)15-13(14)10-12(3)16(18)17-15/h5-8,10H,4,9H2,1-3H3,(H,17,18)/b6-5+. The summed E-state index contributed by atoms with van der Waals surface area (Å²) in [6.07, 6.45) is 5.08. The smallest absolute Gasteiger partial charge is 0.251 e. The molecule has 100 valence electrons. The maximum Gasteiger partial charge on any atom is 0.251 e. The third-order valence-corrected chi connectivity index (χ3v) is 3.11. The number of allylic oxidation sites excluding steroid dienone is 1. The van der Waals surface area contributed by atoms with Gasteiger partial charge in [0.15, 0.2) is 0 Å². The molecule has 1 heterocycles. The van der Waals surface area contributed by atoms with Gasteiger partial charge in [-0.05, 0) is 38.0 Å². The number of pyridine rings is 1. The van der Waals surface area contributed by atoms with E-state index in [2.05, 4.69) is 18.0 Å². The minimum atomic E-state index is -0.0429. The van der Waals surface area contributed by atoms with Crippen LogP contribution < -0.4 is 10.3 Å². The third kappa shape index (κ3) is 2.87. The van der Waals surface area contributed by atoms with Gasteiger partial charge >= 0.3 is 0 Å². The van der Waals surface area contributed by atoms with Gasteiger partial charge in [0.2, 0.25) is 0 Å². The summed E-state index contributed by atoms with van der Waals surface area (Å²) in [6, 6.07) is 5.81. The Kier molecular flexibility index (Phi) is 4.05. The number of fused-ring (bicyclic) bond motifs is 1. The summed E-state index contributed by atoms with van der Waals surface area (Å²) in [5.41, 5.74) is 2.56. The summed E-state index contributed by atoms with van der Waals surface area (Å²) < 4.78 is 5.76. The first-order chi connectivity index (χ1) is 9.13. The largest absolute Gasteiger partial charge is 0.489 e. The molecule has 0 fully saturated rings. The lowest BCUT2D eigenvalue weighted by atomic mass is 10.1. The SMILES string of the molecule is CC/C=C/COc1ccc(C)c2[nH]c(=O)c(C)cc12. The second-order valence-corrected chi connectivity index (χ2v) is 4.64. The molecule has 1 N–H and O–H groups in total. The molecule has 3 nitrogen and oxygen atoms in total. The van der Waals surface area contributed by atoms with Gasteiger partial charge in [0, 0.05) is 10.9 Å². The zero-order valence-electron chi connectivity index (χ0n) is 11.6. The van der Waals surface area contributed by atoms with Crippen molar-refractivity contribution < 1.29 is 4.74 Å². The number of nitrogens with one attached hydrogen (secondary N) is 1. The molecule has 0 atom stereocenters. The molecule has 19 heavy (non-hydrogen) atoms. The van der Waals surface area contributed by atoms with E-state index in [1.807, 2.05) is 31.2 Å². The second-order valence-electron chi connectivity index (χ2n) is 4.64. The first-order valence-corrected chi connectivity index (χ1v) is 6.54. The molecule has 0 radical (unpaired) electrons. The van der Waals surface area contributed by atoms with E-state index in [0.717, 1.165) is 28.6 Å². The van der Waals surface area contributed by atoms with Crippen LogP contribution in [0.2, 0.25) is 0 Å². The van der Waals surface area contributed by atoms with Gasteiger partial charge in [-0.25, -0.2) is 0 Å². The summed E-state index contributed by atoms with van der Waals surface area (Å²) >= 11 is 0. The van der Waals surface area contributed by atoms with Gasteiger partial charge in [-0.3, -0.25) is 4.79 Å². The van der Waals surface area contributed by atoms with Crippen LogP contribution in [0.5, 0.6) is 5.75 Å². The van der Waals surface area contributed by atoms with Gasteiger partial charge in [0.1, 0.15) is 12.4 Å². The van der Waals surface area contributed by atoms with Gasteiger partial charge in [-0.15, -0.1) is 0 Å².